The van der Waals surface area contributed by atoms with Gasteiger partial charge in [0.25, 0.3) is 0 Å². The van der Waals surface area contributed by atoms with Crippen molar-refractivity contribution in [2.45, 2.75) is 25.5 Å². The highest BCUT2D eigenvalue weighted by Gasteiger charge is 2.43. The van der Waals surface area contributed by atoms with E-state index in [-0.39, 0.29) is 5.60 Å². The molecule has 0 N–H and O–H groups in total. The second kappa shape index (κ2) is 6.71. The average Bonchev–Trinajstić information content (AvgIpc) is 2.95. The fourth-order valence-corrected chi connectivity index (χ4v) is 3.69. The molecule has 0 amide bonds. The van der Waals surface area contributed by atoms with Gasteiger partial charge in [0.2, 0.25) is 0 Å². The monoisotopic (exact) mass is 308 g/mol. The van der Waals surface area contributed by atoms with Gasteiger partial charge >= 0.3 is 0 Å². The van der Waals surface area contributed by atoms with Gasteiger partial charge in [-0.2, -0.15) is 0 Å². The highest BCUT2D eigenvalue weighted by molar-refractivity contribution is 5.06. The minimum Gasteiger partial charge on any atom is -0.465 e. The van der Waals surface area contributed by atoms with E-state index in [2.05, 4.69) is 30.0 Å². The number of ether oxygens (including phenoxy) is 2. The van der Waals surface area contributed by atoms with Gasteiger partial charge in [0.05, 0.1) is 26.4 Å². The van der Waals surface area contributed by atoms with Crippen molar-refractivity contribution in [1.29, 1.82) is 0 Å². The Hall–Kier alpha value is -0.880. The summed E-state index contributed by atoms with van der Waals surface area (Å²) in [6.07, 6.45) is 1.08. The SMILES string of the molecule is Cc1ccc(CN2CCOCC3(CC(CN(C)C)CO3)C2)o1. The van der Waals surface area contributed by atoms with Crippen molar-refractivity contribution in [1.82, 2.24) is 9.80 Å². The normalized spacial score (nSPS) is 30.3. The zero-order valence-corrected chi connectivity index (χ0v) is 14.0. The molecule has 1 aromatic heterocycles. The van der Waals surface area contributed by atoms with E-state index >= 15 is 0 Å². The minimum absolute atomic E-state index is 0.140. The maximum Gasteiger partial charge on any atom is 0.118 e. The Morgan fingerprint density at radius 3 is 2.95 bits per heavy atom. The van der Waals surface area contributed by atoms with Gasteiger partial charge in [-0.25, -0.2) is 0 Å². The molecule has 0 aliphatic carbocycles. The number of rotatable bonds is 4. The molecule has 2 aliphatic heterocycles. The first-order valence-electron chi connectivity index (χ1n) is 8.19. The van der Waals surface area contributed by atoms with Crippen LogP contribution in [0, 0.1) is 12.8 Å². The van der Waals surface area contributed by atoms with Gasteiger partial charge in [-0.3, -0.25) is 4.90 Å². The summed E-state index contributed by atoms with van der Waals surface area (Å²) < 4.78 is 17.8. The molecule has 0 saturated carbocycles. The van der Waals surface area contributed by atoms with Gasteiger partial charge < -0.3 is 18.8 Å². The van der Waals surface area contributed by atoms with Crippen LogP contribution < -0.4 is 0 Å². The van der Waals surface area contributed by atoms with Crippen LogP contribution in [0.3, 0.4) is 0 Å². The molecular formula is C17H28N2O3. The average molecular weight is 308 g/mol. The van der Waals surface area contributed by atoms with E-state index in [0.29, 0.717) is 12.5 Å². The summed E-state index contributed by atoms with van der Waals surface area (Å²) in [7, 11) is 4.25. The predicted octanol–water partition coefficient (Wildman–Crippen LogP) is 1.76. The van der Waals surface area contributed by atoms with Crippen LogP contribution in [-0.4, -0.2) is 69.0 Å². The Bertz CT molecular complexity index is 488. The van der Waals surface area contributed by atoms with E-state index in [1.165, 1.54) is 0 Å². The Balaban J connectivity index is 1.62. The molecular weight excluding hydrogens is 280 g/mol. The van der Waals surface area contributed by atoms with E-state index in [1.54, 1.807) is 0 Å². The molecule has 0 aromatic carbocycles. The lowest BCUT2D eigenvalue weighted by Gasteiger charge is -2.30. The molecule has 5 nitrogen and oxygen atoms in total. The van der Waals surface area contributed by atoms with Crippen molar-refractivity contribution in [3.63, 3.8) is 0 Å². The molecule has 2 atom stereocenters. The van der Waals surface area contributed by atoms with E-state index in [4.69, 9.17) is 13.9 Å². The van der Waals surface area contributed by atoms with Crippen LogP contribution in [0.15, 0.2) is 16.5 Å². The highest BCUT2D eigenvalue weighted by Crippen LogP contribution is 2.33. The summed E-state index contributed by atoms with van der Waals surface area (Å²) in [5, 5.41) is 0. The largest absolute Gasteiger partial charge is 0.465 e. The van der Waals surface area contributed by atoms with Gasteiger partial charge in [-0.15, -0.1) is 0 Å². The van der Waals surface area contributed by atoms with E-state index < -0.39 is 0 Å². The summed E-state index contributed by atoms with van der Waals surface area (Å²) in [5.74, 6) is 2.60. The fourth-order valence-electron chi connectivity index (χ4n) is 3.69. The molecule has 3 rings (SSSR count). The topological polar surface area (TPSA) is 38.1 Å². The molecule has 5 heteroatoms. The van der Waals surface area contributed by atoms with Crippen LogP contribution in [0.4, 0.5) is 0 Å². The second-order valence-corrected chi connectivity index (χ2v) is 7.10. The van der Waals surface area contributed by atoms with Crippen molar-refractivity contribution in [3.05, 3.63) is 23.7 Å². The van der Waals surface area contributed by atoms with Crippen LogP contribution in [0.25, 0.3) is 0 Å². The molecule has 0 bridgehead atoms. The summed E-state index contributed by atoms with van der Waals surface area (Å²) in [4.78, 5) is 4.65. The van der Waals surface area contributed by atoms with Crippen molar-refractivity contribution in [2.75, 3.05) is 53.6 Å². The number of furan rings is 1. The highest BCUT2D eigenvalue weighted by atomic mass is 16.5. The van der Waals surface area contributed by atoms with E-state index in [1.807, 2.05) is 13.0 Å². The summed E-state index contributed by atoms with van der Waals surface area (Å²) >= 11 is 0. The summed E-state index contributed by atoms with van der Waals surface area (Å²) in [6, 6.07) is 4.09. The molecule has 3 heterocycles. The van der Waals surface area contributed by atoms with Crippen LogP contribution in [0.5, 0.6) is 0 Å². The zero-order valence-electron chi connectivity index (χ0n) is 14.0. The first-order chi connectivity index (χ1) is 10.5. The minimum atomic E-state index is -0.140. The van der Waals surface area contributed by atoms with Crippen LogP contribution in [0.2, 0.25) is 0 Å². The van der Waals surface area contributed by atoms with Crippen molar-refractivity contribution in [2.24, 2.45) is 5.92 Å². The maximum absolute atomic E-state index is 6.22. The van der Waals surface area contributed by atoms with Gasteiger partial charge in [0, 0.05) is 19.6 Å². The lowest BCUT2D eigenvalue weighted by molar-refractivity contribution is -0.0566. The number of hydrogen-bond acceptors (Lipinski definition) is 5. The Kier molecular flexibility index (Phi) is 4.88. The number of hydrogen-bond donors (Lipinski definition) is 0. The third-order valence-electron chi connectivity index (χ3n) is 4.51. The molecule has 22 heavy (non-hydrogen) atoms. The third kappa shape index (κ3) is 3.90. The number of aryl methyl sites for hydroxylation is 1. The van der Waals surface area contributed by atoms with Crippen LogP contribution >= 0.6 is 0 Å². The van der Waals surface area contributed by atoms with Crippen LogP contribution in [0.1, 0.15) is 17.9 Å². The molecule has 1 aromatic rings. The fraction of sp³-hybridized carbons (Fsp3) is 0.765. The van der Waals surface area contributed by atoms with E-state index in [9.17, 15) is 0 Å². The first kappa shape index (κ1) is 16.0. The molecule has 0 radical (unpaired) electrons. The van der Waals surface area contributed by atoms with Gasteiger partial charge in [-0.1, -0.05) is 0 Å². The molecule has 2 unspecified atom stereocenters. The van der Waals surface area contributed by atoms with Crippen LogP contribution in [-0.2, 0) is 16.0 Å². The zero-order chi connectivity index (χ0) is 15.6. The third-order valence-corrected chi connectivity index (χ3v) is 4.51. The summed E-state index contributed by atoms with van der Waals surface area (Å²) in [6.45, 7) is 8.09. The number of nitrogens with zero attached hydrogens (tertiary/aromatic N) is 2. The van der Waals surface area contributed by atoms with Crippen molar-refractivity contribution in [3.8, 4) is 0 Å². The predicted molar refractivity (Wildman–Crippen MR) is 84.9 cm³/mol. The Labute approximate surface area is 133 Å². The van der Waals surface area contributed by atoms with Crippen molar-refractivity contribution < 1.29 is 13.9 Å². The van der Waals surface area contributed by atoms with Crippen molar-refractivity contribution >= 4 is 0 Å². The smallest absolute Gasteiger partial charge is 0.118 e. The Morgan fingerprint density at radius 1 is 1.36 bits per heavy atom. The Morgan fingerprint density at radius 2 is 2.23 bits per heavy atom. The molecule has 124 valence electrons. The standard InChI is InChI=1S/C17H28N2O3/c1-14-4-5-16(22-14)10-19-6-7-20-13-17(12-19)8-15(11-21-17)9-18(2)3/h4-5,15H,6-13H2,1-3H3. The van der Waals surface area contributed by atoms with Gasteiger partial charge in [0.15, 0.2) is 0 Å². The quantitative estimate of drug-likeness (QED) is 0.847. The maximum atomic E-state index is 6.22. The lowest BCUT2D eigenvalue weighted by Crippen LogP contribution is -2.44. The molecule has 2 saturated heterocycles. The van der Waals surface area contributed by atoms with Gasteiger partial charge in [0.1, 0.15) is 17.1 Å². The summed E-state index contributed by atoms with van der Waals surface area (Å²) in [5.41, 5.74) is -0.140. The second-order valence-electron chi connectivity index (χ2n) is 7.10. The van der Waals surface area contributed by atoms with E-state index in [0.717, 1.165) is 57.3 Å². The molecule has 2 fully saturated rings. The molecule has 1 spiro atoms. The molecule has 2 aliphatic rings. The van der Waals surface area contributed by atoms with Gasteiger partial charge in [-0.05, 0) is 45.5 Å². The lowest BCUT2D eigenvalue weighted by atomic mass is 9.94. The first-order valence-corrected chi connectivity index (χ1v) is 8.19.